The molecule has 0 atom stereocenters. The summed E-state index contributed by atoms with van der Waals surface area (Å²) in [6.45, 7) is 1.68. The highest BCUT2D eigenvalue weighted by atomic mass is 79.9. The second kappa shape index (κ2) is 5.34. The third-order valence-corrected chi connectivity index (χ3v) is 4.89. The SMILES string of the molecule is Cc1cc(Br)c(N)cc1S(=O)(=O)Nc1cccc(O)c1. The lowest BCUT2D eigenvalue weighted by molar-refractivity contribution is 0.475. The van der Waals surface area contributed by atoms with Crippen molar-refractivity contribution in [3.8, 4) is 5.75 Å². The summed E-state index contributed by atoms with van der Waals surface area (Å²) < 4.78 is 27.7. The van der Waals surface area contributed by atoms with E-state index in [2.05, 4.69) is 20.7 Å². The number of anilines is 2. The normalized spacial score (nSPS) is 11.3. The van der Waals surface area contributed by atoms with Crippen LogP contribution in [0.4, 0.5) is 11.4 Å². The number of rotatable bonds is 3. The van der Waals surface area contributed by atoms with Gasteiger partial charge in [0, 0.05) is 16.2 Å². The molecule has 20 heavy (non-hydrogen) atoms. The van der Waals surface area contributed by atoms with E-state index in [0.717, 1.165) is 0 Å². The number of phenolic OH excluding ortho intramolecular Hbond substituents is 1. The Morgan fingerprint density at radius 1 is 1.25 bits per heavy atom. The molecule has 0 unspecified atom stereocenters. The van der Waals surface area contributed by atoms with Crippen LogP contribution in [0.3, 0.4) is 0 Å². The lowest BCUT2D eigenvalue weighted by atomic mass is 10.2. The fraction of sp³-hybridized carbons (Fsp3) is 0.0769. The maximum atomic E-state index is 12.3. The molecule has 0 heterocycles. The van der Waals surface area contributed by atoms with Crippen LogP contribution < -0.4 is 10.5 Å². The molecule has 0 aromatic heterocycles. The number of benzene rings is 2. The average Bonchev–Trinajstić information content (AvgIpc) is 2.33. The Morgan fingerprint density at radius 3 is 2.60 bits per heavy atom. The van der Waals surface area contributed by atoms with Crippen molar-refractivity contribution in [1.29, 1.82) is 0 Å². The van der Waals surface area contributed by atoms with Crippen molar-refractivity contribution in [2.75, 3.05) is 10.5 Å². The van der Waals surface area contributed by atoms with E-state index >= 15 is 0 Å². The van der Waals surface area contributed by atoms with Crippen LogP contribution in [0, 0.1) is 6.92 Å². The van der Waals surface area contributed by atoms with E-state index in [9.17, 15) is 13.5 Å². The Bertz CT molecular complexity index is 760. The van der Waals surface area contributed by atoms with Crippen LogP contribution in [0.15, 0.2) is 45.8 Å². The Balaban J connectivity index is 2.43. The van der Waals surface area contributed by atoms with Gasteiger partial charge in [-0.05, 0) is 52.7 Å². The molecule has 0 aliphatic rings. The number of aryl methyl sites for hydroxylation is 1. The highest BCUT2D eigenvalue weighted by molar-refractivity contribution is 9.10. The first kappa shape index (κ1) is 14.7. The van der Waals surface area contributed by atoms with Gasteiger partial charge in [-0.15, -0.1) is 0 Å². The Labute approximate surface area is 125 Å². The van der Waals surface area contributed by atoms with Crippen LogP contribution in [-0.4, -0.2) is 13.5 Å². The minimum Gasteiger partial charge on any atom is -0.508 e. The van der Waals surface area contributed by atoms with E-state index in [0.29, 0.717) is 15.7 Å². The van der Waals surface area contributed by atoms with Crippen LogP contribution in [0.25, 0.3) is 0 Å². The van der Waals surface area contributed by atoms with E-state index in [1.807, 2.05) is 0 Å². The first-order valence-corrected chi connectivity index (χ1v) is 7.95. The van der Waals surface area contributed by atoms with Gasteiger partial charge in [0.05, 0.1) is 10.6 Å². The molecule has 0 amide bonds. The Hall–Kier alpha value is -1.73. The van der Waals surface area contributed by atoms with Gasteiger partial charge in [0.1, 0.15) is 5.75 Å². The molecular weight excluding hydrogens is 344 g/mol. The number of hydrogen-bond acceptors (Lipinski definition) is 4. The maximum Gasteiger partial charge on any atom is 0.262 e. The molecule has 2 rings (SSSR count). The zero-order valence-corrected chi connectivity index (χ0v) is 13.0. The van der Waals surface area contributed by atoms with Gasteiger partial charge in [-0.2, -0.15) is 0 Å². The molecular formula is C13H13BrN2O3S. The zero-order chi connectivity index (χ0) is 14.9. The fourth-order valence-corrected chi connectivity index (χ4v) is 3.51. The smallest absolute Gasteiger partial charge is 0.262 e. The summed E-state index contributed by atoms with van der Waals surface area (Å²) in [5.41, 5.74) is 6.92. The molecule has 5 nitrogen and oxygen atoms in total. The lowest BCUT2D eigenvalue weighted by Crippen LogP contribution is -2.14. The van der Waals surface area contributed by atoms with Gasteiger partial charge < -0.3 is 10.8 Å². The number of nitrogens with two attached hydrogens (primary N) is 1. The molecule has 106 valence electrons. The number of nitrogen functional groups attached to an aromatic ring is 1. The number of halogens is 1. The largest absolute Gasteiger partial charge is 0.508 e. The summed E-state index contributed by atoms with van der Waals surface area (Å²) in [5, 5.41) is 9.35. The number of sulfonamides is 1. The standard InChI is InChI=1S/C13H13BrN2O3S/c1-8-5-11(14)12(15)7-13(8)20(18,19)16-9-3-2-4-10(17)6-9/h2-7,16-17H,15H2,1H3. The van der Waals surface area contributed by atoms with Crippen LogP contribution in [0.5, 0.6) is 5.75 Å². The first-order chi connectivity index (χ1) is 9.29. The monoisotopic (exact) mass is 356 g/mol. The number of aromatic hydroxyl groups is 1. The molecule has 0 saturated heterocycles. The van der Waals surface area contributed by atoms with Crippen molar-refractivity contribution < 1.29 is 13.5 Å². The number of phenols is 1. The molecule has 2 aromatic carbocycles. The second-order valence-corrected chi connectivity index (χ2v) is 6.80. The van der Waals surface area contributed by atoms with Crippen molar-refractivity contribution in [2.24, 2.45) is 0 Å². The summed E-state index contributed by atoms with van der Waals surface area (Å²) in [4.78, 5) is 0.0987. The molecule has 0 fully saturated rings. The van der Waals surface area contributed by atoms with E-state index in [1.165, 1.54) is 18.2 Å². The van der Waals surface area contributed by atoms with Gasteiger partial charge in [-0.3, -0.25) is 4.72 Å². The average molecular weight is 357 g/mol. The van der Waals surface area contributed by atoms with E-state index in [-0.39, 0.29) is 16.3 Å². The number of nitrogens with one attached hydrogen (secondary N) is 1. The van der Waals surface area contributed by atoms with Crippen molar-refractivity contribution >= 4 is 37.3 Å². The quantitative estimate of drug-likeness (QED) is 0.737. The van der Waals surface area contributed by atoms with Gasteiger partial charge in [-0.25, -0.2) is 8.42 Å². The first-order valence-electron chi connectivity index (χ1n) is 5.67. The number of hydrogen-bond donors (Lipinski definition) is 3. The Kier molecular flexibility index (Phi) is 3.92. The molecule has 2 aromatic rings. The van der Waals surface area contributed by atoms with Crippen LogP contribution in [-0.2, 0) is 10.0 Å². The van der Waals surface area contributed by atoms with Gasteiger partial charge in [0.2, 0.25) is 0 Å². The zero-order valence-electron chi connectivity index (χ0n) is 10.6. The van der Waals surface area contributed by atoms with Crippen molar-refractivity contribution in [2.45, 2.75) is 11.8 Å². The molecule has 0 aliphatic heterocycles. The Morgan fingerprint density at radius 2 is 1.95 bits per heavy atom. The molecule has 0 radical (unpaired) electrons. The fourth-order valence-electron chi connectivity index (χ4n) is 1.74. The predicted octanol–water partition coefficient (Wildman–Crippen LogP) is 2.85. The van der Waals surface area contributed by atoms with Crippen molar-refractivity contribution in [3.05, 3.63) is 46.4 Å². The molecule has 0 spiro atoms. The minimum absolute atomic E-state index is 0.0164. The topological polar surface area (TPSA) is 92.4 Å². The summed E-state index contributed by atoms with van der Waals surface area (Å²) in [7, 11) is -3.76. The van der Waals surface area contributed by atoms with Gasteiger partial charge >= 0.3 is 0 Å². The minimum atomic E-state index is -3.76. The van der Waals surface area contributed by atoms with Crippen LogP contribution >= 0.6 is 15.9 Å². The second-order valence-electron chi connectivity index (χ2n) is 4.30. The molecule has 0 bridgehead atoms. The molecule has 7 heteroatoms. The predicted molar refractivity (Wildman–Crippen MR) is 82.2 cm³/mol. The lowest BCUT2D eigenvalue weighted by Gasteiger charge is -2.12. The summed E-state index contributed by atoms with van der Waals surface area (Å²) in [6.07, 6.45) is 0. The van der Waals surface area contributed by atoms with Gasteiger partial charge in [-0.1, -0.05) is 6.07 Å². The molecule has 0 saturated carbocycles. The third kappa shape index (κ3) is 3.05. The van der Waals surface area contributed by atoms with E-state index < -0.39 is 10.0 Å². The summed E-state index contributed by atoms with van der Waals surface area (Å²) >= 11 is 3.25. The summed E-state index contributed by atoms with van der Waals surface area (Å²) in [6, 6.07) is 8.93. The maximum absolute atomic E-state index is 12.3. The van der Waals surface area contributed by atoms with Crippen molar-refractivity contribution in [3.63, 3.8) is 0 Å². The highest BCUT2D eigenvalue weighted by Gasteiger charge is 2.18. The van der Waals surface area contributed by atoms with E-state index in [1.54, 1.807) is 25.1 Å². The third-order valence-electron chi connectivity index (χ3n) is 2.68. The van der Waals surface area contributed by atoms with Gasteiger partial charge in [0.15, 0.2) is 0 Å². The van der Waals surface area contributed by atoms with Crippen LogP contribution in [0.1, 0.15) is 5.56 Å². The molecule has 4 N–H and O–H groups in total. The summed E-state index contributed by atoms with van der Waals surface area (Å²) in [5.74, 6) is -0.0164. The molecule has 0 aliphatic carbocycles. The highest BCUT2D eigenvalue weighted by Crippen LogP contribution is 2.28. The van der Waals surface area contributed by atoms with Crippen molar-refractivity contribution in [1.82, 2.24) is 0 Å². The van der Waals surface area contributed by atoms with Gasteiger partial charge in [0.25, 0.3) is 10.0 Å². The van der Waals surface area contributed by atoms with Crippen LogP contribution in [0.2, 0.25) is 0 Å². The van der Waals surface area contributed by atoms with E-state index in [4.69, 9.17) is 5.73 Å².